The van der Waals surface area contributed by atoms with Crippen LogP contribution in [0.4, 0.5) is 4.39 Å². The average Bonchev–Trinajstić information content (AvgIpc) is 2.15. The predicted octanol–water partition coefficient (Wildman–Crippen LogP) is 3.21. The molecular weight excluding hydrogens is 201 g/mol. The molecule has 3 heteroatoms. The average molecular weight is 216 g/mol. The third-order valence-electron chi connectivity index (χ3n) is 1.98. The minimum absolute atomic E-state index is 0. The molecule has 0 unspecified atom stereocenters. The highest BCUT2D eigenvalue weighted by Gasteiger charge is 2.03. The molecule has 0 aliphatic heterocycles. The zero-order valence-electron chi connectivity index (χ0n) is 7.95. The second kappa shape index (κ2) is 6.57. The van der Waals surface area contributed by atoms with E-state index in [1.54, 1.807) is 12.1 Å². The Morgan fingerprint density at radius 3 is 2.43 bits per heavy atom. The van der Waals surface area contributed by atoms with Crippen molar-refractivity contribution in [2.24, 2.45) is 5.73 Å². The van der Waals surface area contributed by atoms with Gasteiger partial charge in [0.15, 0.2) is 0 Å². The number of nitrogens with two attached hydrogens (primary N) is 1. The molecule has 0 saturated heterocycles. The third-order valence-corrected chi connectivity index (χ3v) is 1.98. The van der Waals surface area contributed by atoms with Gasteiger partial charge in [0.25, 0.3) is 0 Å². The highest BCUT2D eigenvalue weighted by Crippen LogP contribution is 2.15. The fourth-order valence-corrected chi connectivity index (χ4v) is 1.17. The van der Waals surface area contributed by atoms with Crippen LogP contribution in [-0.2, 0) is 0 Å². The molecule has 0 aliphatic rings. The van der Waals surface area contributed by atoms with Crippen LogP contribution >= 0.6 is 12.4 Å². The zero-order valence-corrected chi connectivity index (χ0v) is 8.77. The molecule has 1 aromatic carbocycles. The summed E-state index contributed by atoms with van der Waals surface area (Å²) in [5, 5.41) is 0. The van der Waals surface area contributed by atoms with Crippen LogP contribution in [0.1, 0.15) is 24.4 Å². The molecule has 0 aromatic heterocycles. The summed E-state index contributed by atoms with van der Waals surface area (Å²) in [6.45, 7) is 3.62. The Hall–Kier alpha value is -0.860. The lowest BCUT2D eigenvalue weighted by Crippen LogP contribution is -2.09. The number of hydrogen-bond acceptors (Lipinski definition) is 1. The van der Waals surface area contributed by atoms with Gasteiger partial charge in [0.2, 0.25) is 0 Å². The van der Waals surface area contributed by atoms with Gasteiger partial charge >= 0.3 is 0 Å². The molecule has 78 valence electrons. The summed E-state index contributed by atoms with van der Waals surface area (Å²) in [4.78, 5) is 0. The number of halogens is 2. The van der Waals surface area contributed by atoms with E-state index in [1.807, 2.05) is 6.08 Å². The molecule has 1 rings (SSSR count). The van der Waals surface area contributed by atoms with Crippen molar-refractivity contribution in [3.63, 3.8) is 0 Å². The summed E-state index contributed by atoms with van der Waals surface area (Å²) in [5.41, 5.74) is 6.84. The highest BCUT2D eigenvalue weighted by molar-refractivity contribution is 5.85. The van der Waals surface area contributed by atoms with Crippen molar-refractivity contribution in [3.8, 4) is 0 Å². The minimum atomic E-state index is -0.223. The van der Waals surface area contributed by atoms with E-state index in [1.165, 1.54) is 12.1 Å². The van der Waals surface area contributed by atoms with Crippen LogP contribution in [0.5, 0.6) is 0 Å². The molecule has 14 heavy (non-hydrogen) atoms. The first-order valence-electron chi connectivity index (χ1n) is 4.36. The summed E-state index contributed by atoms with van der Waals surface area (Å²) >= 11 is 0. The molecule has 1 nitrogen and oxygen atoms in total. The summed E-state index contributed by atoms with van der Waals surface area (Å²) in [5.74, 6) is -0.223. The van der Waals surface area contributed by atoms with E-state index < -0.39 is 0 Å². The summed E-state index contributed by atoms with van der Waals surface area (Å²) < 4.78 is 12.5. The van der Waals surface area contributed by atoms with Gasteiger partial charge < -0.3 is 5.73 Å². The van der Waals surface area contributed by atoms with E-state index in [4.69, 9.17) is 5.73 Å². The molecule has 0 spiro atoms. The van der Waals surface area contributed by atoms with E-state index in [9.17, 15) is 4.39 Å². The Morgan fingerprint density at radius 1 is 1.36 bits per heavy atom. The van der Waals surface area contributed by atoms with Crippen LogP contribution in [0.2, 0.25) is 0 Å². The van der Waals surface area contributed by atoms with Crippen LogP contribution in [-0.4, -0.2) is 0 Å². The van der Waals surface area contributed by atoms with Crippen molar-refractivity contribution >= 4 is 12.4 Å². The van der Waals surface area contributed by atoms with Crippen LogP contribution < -0.4 is 5.73 Å². The maximum absolute atomic E-state index is 12.5. The van der Waals surface area contributed by atoms with Gasteiger partial charge in [-0.3, -0.25) is 0 Å². The molecule has 0 saturated carbocycles. The Labute approximate surface area is 90.2 Å². The number of rotatable bonds is 4. The van der Waals surface area contributed by atoms with Gasteiger partial charge in [-0.15, -0.1) is 19.0 Å². The summed E-state index contributed by atoms with van der Waals surface area (Å²) in [6, 6.07) is 6.30. The number of hydrogen-bond donors (Lipinski definition) is 1. The van der Waals surface area contributed by atoms with Gasteiger partial charge in [-0.1, -0.05) is 18.2 Å². The number of benzene rings is 1. The van der Waals surface area contributed by atoms with Gasteiger partial charge in [-0.05, 0) is 30.5 Å². The molecule has 1 atom stereocenters. The van der Waals surface area contributed by atoms with Gasteiger partial charge in [0.1, 0.15) is 5.82 Å². The van der Waals surface area contributed by atoms with E-state index in [0.717, 1.165) is 18.4 Å². The van der Waals surface area contributed by atoms with Crippen molar-refractivity contribution in [1.29, 1.82) is 0 Å². The maximum Gasteiger partial charge on any atom is 0.123 e. The van der Waals surface area contributed by atoms with Crippen molar-refractivity contribution in [2.75, 3.05) is 0 Å². The lowest BCUT2D eigenvalue weighted by Gasteiger charge is -2.09. The van der Waals surface area contributed by atoms with Gasteiger partial charge in [0.05, 0.1) is 0 Å². The molecule has 0 aliphatic carbocycles. The van der Waals surface area contributed by atoms with Crippen molar-refractivity contribution < 1.29 is 4.39 Å². The molecule has 0 bridgehead atoms. The Kier molecular flexibility index (Phi) is 6.17. The smallest absolute Gasteiger partial charge is 0.123 e. The van der Waals surface area contributed by atoms with Gasteiger partial charge in [0, 0.05) is 6.04 Å². The van der Waals surface area contributed by atoms with Crippen LogP contribution in [0.25, 0.3) is 0 Å². The summed E-state index contributed by atoms with van der Waals surface area (Å²) in [6.07, 6.45) is 3.58. The van der Waals surface area contributed by atoms with Gasteiger partial charge in [-0.2, -0.15) is 0 Å². The first-order chi connectivity index (χ1) is 6.24. The van der Waals surface area contributed by atoms with E-state index in [2.05, 4.69) is 6.58 Å². The first kappa shape index (κ1) is 13.1. The molecule has 0 amide bonds. The number of allylic oxidation sites excluding steroid dienone is 1. The highest BCUT2D eigenvalue weighted by atomic mass is 35.5. The topological polar surface area (TPSA) is 26.0 Å². The molecule has 1 aromatic rings. The van der Waals surface area contributed by atoms with Crippen LogP contribution in [0.3, 0.4) is 0 Å². The maximum atomic E-state index is 12.5. The lowest BCUT2D eigenvalue weighted by molar-refractivity contribution is 0.620. The van der Waals surface area contributed by atoms with Crippen LogP contribution in [0, 0.1) is 5.82 Å². The van der Waals surface area contributed by atoms with E-state index >= 15 is 0 Å². The monoisotopic (exact) mass is 215 g/mol. The van der Waals surface area contributed by atoms with E-state index in [0.29, 0.717) is 0 Å². The second-order valence-corrected chi connectivity index (χ2v) is 3.02. The normalized spacial score (nSPS) is 11.6. The second-order valence-electron chi connectivity index (χ2n) is 3.02. The largest absolute Gasteiger partial charge is 0.324 e. The van der Waals surface area contributed by atoms with Crippen LogP contribution in [0.15, 0.2) is 36.9 Å². The standard InChI is InChI=1S/C11H14FN.ClH/c1-2-3-4-11(13)9-5-7-10(12)8-6-9;/h2,5-8,11H,1,3-4,13H2;1H/t11-;/m1./s1. The SMILES string of the molecule is C=CCC[C@@H](N)c1ccc(F)cc1.Cl. The zero-order chi connectivity index (χ0) is 9.68. The molecule has 0 fully saturated rings. The minimum Gasteiger partial charge on any atom is -0.324 e. The predicted molar refractivity (Wildman–Crippen MR) is 60.0 cm³/mol. The van der Waals surface area contributed by atoms with E-state index in [-0.39, 0.29) is 24.3 Å². The first-order valence-corrected chi connectivity index (χ1v) is 4.36. The van der Waals surface area contributed by atoms with Crippen molar-refractivity contribution in [1.82, 2.24) is 0 Å². The molecule has 0 radical (unpaired) electrons. The van der Waals surface area contributed by atoms with Gasteiger partial charge in [-0.25, -0.2) is 4.39 Å². The fourth-order valence-electron chi connectivity index (χ4n) is 1.17. The summed E-state index contributed by atoms with van der Waals surface area (Å²) in [7, 11) is 0. The fraction of sp³-hybridized carbons (Fsp3) is 0.273. The van der Waals surface area contributed by atoms with Crippen molar-refractivity contribution in [3.05, 3.63) is 48.3 Å². The molecule has 2 N–H and O–H groups in total. The molecule has 0 heterocycles. The Balaban J connectivity index is 0.00000169. The third kappa shape index (κ3) is 3.90. The Bertz CT molecular complexity index is 271. The quantitative estimate of drug-likeness (QED) is 0.767. The van der Waals surface area contributed by atoms with Crippen molar-refractivity contribution in [2.45, 2.75) is 18.9 Å². The Morgan fingerprint density at radius 2 is 1.93 bits per heavy atom. The molecular formula is C11H15ClFN. The lowest BCUT2D eigenvalue weighted by atomic mass is 10.0.